The third kappa shape index (κ3) is 7.01. The zero-order chi connectivity index (χ0) is 30.1. The van der Waals surface area contributed by atoms with Gasteiger partial charge in [0.1, 0.15) is 11.7 Å². The van der Waals surface area contributed by atoms with Crippen LogP contribution in [0.1, 0.15) is 20.7 Å². The Morgan fingerprint density at radius 1 is 1.12 bits per heavy atom. The van der Waals surface area contributed by atoms with E-state index in [9.17, 15) is 32.9 Å². The number of amides is 2. The lowest BCUT2D eigenvalue weighted by atomic mass is 10.1. The topological polar surface area (TPSA) is 124 Å². The Hall–Kier alpha value is -3.60. The molecular weight excluding hydrogens is 625 g/mol. The molecule has 41 heavy (non-hydrogen) atoms. The number of aromatic nitrogens is 1. The van der Waals surface area contributed by atoms with Crippen LogP contribution in [0.25, 0.3) is 0 Å². The number of alkyl halides is 5. The summed E-state index contributed by atoms with van der Waals surface area (Å²) < 4.78 is 68.8. The average Bonchev–Trinajstić information content (AvgIpc) is 3.21. The molecule has 1 atom stereocenters. The second-order valence-electron chi connectivity index (χ2n) is 9.64. The number of benzene rings is 1. The fraction of sp³-hybridized carbons (Fsp3) is 0.458. The molecular formula is C24H25BrF5N7O4. The highest BCUT2D eigenvalue weighted by Crippen LogP contribution is 2.38. The Balaban J connectivity index is 1.59. The summed E-state index contributed by atoms with van der Waals surface area (Å²) in [6.45, 7) is -3.05. The lowest BCUT2D eigenvalue weighted by molar-refractivity contribution is -0.384. The first kappa shape index (κ1) is 30.4. The molecule has 17 heteroatoms. The van der Waals surface area contributed by atoms with E-state index in [4.69, 9.17) is 0 Å². The maximum absolute atomic E-state index is 15.2. The number of carbonyl (C=O) groups excluding carboxylic acids is 2. The SMILES string of the molecule is CNc1cncc(C(=O)N2CC(Nc3c(C(=O)N4CCN(CC(F)(F)F)CC4)cc(Br)cc3[N+](=O)[O-])C(F)(F)C2)c1. The molecule has 11 nitrogen and oxygen atoms in total. The number of nitrogens with zero attached hydrogens (tertiary/aromatic N) is 5. The van der Waals surface area contributed by atoms with Gasteiger partial charge in [0, 0.05) is 62.7 Å². The highest BCUT2D eigenvalue weighted by atomic mass is 79.9. The summed E-state index contributed by atoms with van der Waals surface area (Å²) >= 11 is 3.10. The van der Waals surface area contributed by atoms with Gasteiger partial charge in [0.15, 0.2) is 0 Å². The van der Waals surface area contributed by atoms with Gasteiger partial charge in [0.2, 0.25) is 0 Å². The Kier molecular flexibility index (Phi) is 8.67. The van der Waals surface area contributed by atoms with Gasteiger partial charge in [-0.05, 0) is 12.1 Å². The van der Waals surface area contributed by atoms with E-state index in [0.29, 0.717) is 5.69 Å². The van der Waals surface area contributed by atoms with Crippen LogP contribution in [0, 0.1) is 10.1 Å². The summed E-state index contributed by atoms with van der Waals surface area (Å²) in [5.41, 5.74) is -0.890. The van der Waals surface area contributed by atoms with E-state index in [1.54, 1.807) is 7.05 Å². The van der Waals surface area contributed by atoms with E-state index in [2.05, 4.69) is 31.5 Å². The van der Waals surface area contributed by atoms with Gasteiger partial charge in [-0.15, -0.1) is 0 Å². The molecule has 4 rings (SSSR count). The quantitative estimate of drug-likeness (QED) is 0.265. The highest BCUT2D eigenvalue weighted by molar-refractivity contribution is 9.10. The third-order valence-corrected chi connectivity index (χ3v) is 7.22. The maximum Gasteiger partial charge on any atom is 0.401 e. The molecule has 2 N–H and O–H groups in total. The summed E-state index contributed by atoms with van der Waals surface area (Å²) in [7, 11) is 1.60. The van der Waals surface area contributed by atoms with E-state index in [-0.39, 0.29) is 41.8 Å². The number of carbonyl (C=O) groups is 2. The number of halogens is 6. The Morgan fingerprint density at radius 3 is 2.41 bits per heavy atom. The van der Waals surface area contributed by atoms with E-state index < -0.39 is 65.9 Å². The molecule has 222 valence electrons. The Labute approximate surface area is 238 Å². The maximum atomic E-state index is 15.2. The van der Waals surface area contributed by atoms with Gasteiger partial charge < -0.3 is 20.4 Å². The minimum Gasteiger partial charge on any atom is -0.387 e. The van der Waals surface area contributed by atoms with Gasteiger partial charge in [0.25, 0.3) is 23.4 Å². The van der Waals surface area contributed by atoms with Gasteiger partial charge in [-0.1, -0.05) is 15.9 Å². The summed E-state index contributed by atoms with van der Waals surface area (Å²) in [6.07, 6.45) is -1.74. The van der Waals surface area contributed by atoms with Gasteiger partial charge in [-0.3, -0.25) is 29.6 Å². The number of piperazine rings is 1. The number of pyridine rings is 1. The van der Waals surface area contributed by atoms with E-state index in [0.717, 1.165) is 15.9 Å². The molecule has 0 saturated carbocycles. The van der Waals surface area contributed by atoms with E-state index in [1.165, 1.54) is 29.4 Å². The summed E-state index contributed by atoms with van der Waals surface area (Å²) in [5, 5.41) is 17.1. The van der Waals surface area contributed by atoms with Crippen LogP contribution in [0.2, 0.25) is 0 Å². The van der Waals surface area contributed by atoms with Crippen LogP contribution in [-0.4, -0.2) is 107 Å². The van der Waals surface area contributed by atoms with Crippen molar-refractivity contribution >= 4 is 44.8 Å². The lowest BCUT2D eigenvalue weighted by Crippen LogP contribution is -2.51. The molecule has 2 aliphatic heterocycles. The molecule has 0 aliphatic carbocycles. The molecule has 0 radical (unpaired) electrons. The van der Waals surface area contributed by atoms with Crippen molar-refractivity contribution < 1.29 is 36.5 Å². The Bertz CT molecular complexity index is 1340. The number of nitrogens with one attached hydrogen (secondary N) is 2. The first-order chi connectivity index (χ1) is 19.2. The van der Waals surface area contributed by atoms with Crippen molar-refractivity contribution in [3.05, 3.63) is 56.3 Å². The fourth-order valence-corrected chi connectivity index (χ4v) is 5.18. The highest BCUT2D eigenvalue weighted by Gasteiger charge is 2.51. The normalized spacial score (nSPS) is 19.2. The van der Waals surface area contributed by atoms with Crippen LogP contribution < -0.4 is 10.6 Å². The van der Waals surface area contributed by atoms with Crippen molar-refractivity contribution in [3.8, 4) is 0 Å². The third-order valence-electron chi connectivity index (χ3n) is 6.77. The van der Waals surface area contributed by atoms with Crippen molar-refractivity contribution in [2.24, 2.45) is 0 Å². The molecule has 1 aromatic heterocycles. The number of likely N-dealkylation sites (tertiary alicyclic amines) is 1. The first-order valence-electron chi connectivity index (χ1n) is 12.3. The number of nitro groups is 1. The van der Waals surface area contributed by atoms with Crippen LogP contribution in [0.15, 0.2) is 35.1 Å². The van der Waals surface area contributed by atoms with Crippen LogP contribution >= 0.6 is 15.9 Å². The predicted octanol–water partition coefficient (Wildman–Crippen LogP) is 3.69. The molecule has 2 aliphatic rings. The van der Waals surface area contributed by atoms with E-state index in [1.807, 2.05) is 0 Å². The second kappa shape index (κ2) is 11.7. The largest absolute Gasteiger partial charge is 0.401 e. The van der Waals surface area contributed by atoms with Crippen molar-refractivity contribution in [2.75, 3.05) is 63.5 Å². The van der Waals surface area contributed by atoms with Gasteiger partial charge in [-0.25, -0.2) is 8.78 Å². The molecule has 0 spiro atoms. The first-order valence-corrected chi connectivity index (χ1v) is 13.1. The van der Waals surface area contributed by atoms with Crippen molar-refractivity contribution in [1.29, 1.82) is 0 Å². The molecule has 2 fully saturated rings. The molecule has 3 heterocycles. The number of nitro benzene ring substituents is 1. The number of hydrogen-bond acceptors (Lipinski definition) is 8. The molecule has 2 saturated heterocycles. The zero-order valence-electron chi connectivity index (χ0n) is 21.6. The minimum absolute atomic E-state index is 0.0588. The van der Waals surface area contributed by atoms with Crippen LogP contribution in [0.4, 0.5) is 39.0 Å². The molecule has 1 aromatic carbocycles. The zero-order valence-corrected chi connectivity index (χ0v) is 23.1. The summed E-state index contributed by atoms with van der Waals surface area (Å²) in [4.78, 5) is 44.6. The lowest BCUT2D eigenvalue weighted by Gasteiger charge is -2.35. The predicted molar refractivity (Wildman–Crippen MR) is 141 cm³/mol. The monoisotopic (exact) mass is 649 g/mol. The van der Waals surface area contributed by atoms with Crippen LogP contribution in [0.5, 0.6) is 0 Å². The van der Waals surface area contributed by atoms with Gasteiger partial charge >= 0.3 is 6.18 Å². The van der Waals surface area contributed by atoms with Crippen molar-refractivity contribution in [1.82, 2.24) is 19.7 Å². The van der Waals surface area contributed by atoms with E-state index >= 15 is 8.78 Å². The standard InChI is InChI=1S/C24H25BrF5N7O4/c1-31-16-6-14(9-32-10-16)21(38)36-11-19(23(26,27)12-36)33-20-17(7-15(25)8-18(20)37(40)41)22(39)35-4-2-34(3-5-35)13-24(28,29)30/h6-10,19,31,33H,2-5,11-13H2,1H3. The second-order valence-corrected chi connectivity index (χ2v) is 10.6. The summed E-state index contributed by atoms with van der Waals surface area (Å²) in [5.74, 6) is -5.03. The van der Waals surface area contributed by atoms with Crippen LogP contribution in [-0.2, 0) is 0 Å². The molecule has 2 amide bonds. The summed E-state index contributed by atoms with van der Waals surface area (Å²) in [6, 6.07) is 1.93. The van der Waals surface area contributed by atoms with Crippen LogP contribution in [0.3, 0.4) is 0 Å². The average molecular weight is 650 g/mol. The van der Waals surface area contributed by atoms with Gasteiger partial charge in [0.05, 0.1) is 34.8 Å². The minimum atomic E-state index is -4.41. The molecule has 1 unspecified atom stereocenters. The fourth-order valence-electron chi connectivity index (χ4n) is 4.73. The molecule has 2 aromatic rings. The number of rotatable bonds is 7. The molecule has 0 bridgehead atoms. The van der Waals surface area contributed by atoms with Crippen molar-refractivity contribution in [2.45, 2.75) is 18.1 Å². The smallest absolute Gasteiger partial charge is 0.387 e. The number of anilines is 2. The number of hydrogen-bond donors (Lipinski definition) is 2. The van der Waals surface area contributed by atoms with Gasteiger partial charge in [-0.2, -0.15) is 13.2 Å². The Morgan fingerprint density at radius 2 is 1.80 bits per heavy atom. The van der Waals surface area contributed by atoms with Crippen molar-refractivity contribution in [3.63, 3.8) is 0 Å².